The molecule has 130 valence electrons. The van der Waals surface area contributed by atoms with Crippen molar-refractivity contribution >= 4 is 34.6 Å². The summed E-state index contributed by atoms with van der Waals surface area (Å²) in [5.41, 5.74) is 1.72. The molecule has 25 heavy (non-hydrogen) atoms. The summed E-state index contributed by atoms with van der Waals surface area (Å²) in [6, 6.07) is 7.43. The van der Waals surface area contributed by atoms with Gasteiger partial charge in [0, 0.05) is 18.7 Å². The Labute approximate surface area is 149 Å². The number of fused-ring (bicyclic) bond motifs is 1. The number of rotatable bonds is 6. The minimum atomic E-state index is -0.104. The highest BCUT2D eigenvalue weighted by Gasteiger charge is 2.18. The number of nitrogens with one attached hydrogen (secondary N) is 2. The third-order valence-electron chi connectivity index (χ3n) is 3.39. The smallest absolute Gasteiger partial charge is 0.261 e. The lowest BCUT2D eigenvalue weighted by molar-refractivity contribution is 0.108. The van der Waals surface area contributed by atoms with Crippen LogP contribution in [0.5, 0.6) is 0 Å². The Hall–Kier alpha value is -2.68. The monoisotopic (exact) mass is 357 g/mol. The normalized spacial score (nSPS) is 10.8. The van der Waals surface area contributed by atoms with E-state index in [2.05, 4.69) is 30.8 Å². The zero-order chi connectivity index (χ0) is 17.8. The maximum Gasteiger partial charge on any atom is 0.261 e. The second-order valence-corrected chi connectivity index (χ2v) is 6.25. The largest absolute Gasteiger partial charge is 0.355 e. The van der Waals surface area contributed by atoms with Gasteiger partial charge in [0.15, 0.2) is 0 Å². The van der Waals surface area contributed by atoms with Crippen molar-refractivity contribution in [1.82, 2.24) is 24.6 Å². The average molecular weight is 357 g/mol. The van der Waals surface area contributed by atoms with Crippen LogP contribution in [0, 0.1) is 6.92 Å². The predicted octanol–water partition coefficient (Wildman–Crippen LogP) is 2.62. The molecule has 2 N–H and O–H groups in total. The molecule has 0 spiro atoms. The lowest BCUT2D eigenvalue weighted by atomic mass is 10.2. The van der Waals surface area contributed by atoms with Crippen LogP contribution in [-0.2, 0) is 0 Å². The first-order chi connectivity index (χ1) is 12.1. The molecule has 0 unspecified atom stereocenters. The fraction of sp³-hybridized carbons (Fsp3) is 0.312. The highest BCUT2D eigenvalue weighted by atomic mass is 32.2. The molecule has 3 aromatic rings. The molecule has 0 amide bonds. The summed E-state index contributed by atoms with van der Waals surface area (Å²) >= 11 is 1.01. The molecule has 0 aliphatic rings. The number of thioether (sulfide) groups is 1. The van der Waals surface area contributed by atoms with Crippen LogP contribution in [0.1, 0.15) is 29.8 Å². The summed E-state index contributed by atoms with van der Waals surface area (Å²) in [7, 11) is 0. The number of hydrogen-bond acceptors (Lipinski definition) is 8. The molecule has 0 saturated carbocycles. The Morgan fingerprint density at radius 1 is 1.08 bits per heavy atom. The van der Waals surface area contributed by atoms with Gasteiger partial charge in [-0.3, -0.25) is 4.79 Å². The molecule has 0 saturated heterocycles. The molecule has 3 rings (SSSR count). The van der Waals surface area contributed by atoms with Crippen molar-refractivity contribution in [3.05, 3.63) is 35.4 Å². The summed E-state index contributed by atoms with van der Waals surface area (Å²) in [5.74, 6) is 1.41. The van der Waals surface area contributed by atoms with E-state index < -0.39 is 0 Å². The molecule has 0 bridgehead atoms. The molecule has 0 radical (unpaired) electrons. The van der Waals surface area contributed by atoms with Gasteiger partial charge < -0.3 is 10.6 Å². The van der Waals surface area contributed by atoms with Gasteiger partial charge >= 0.3 is 0 Å². The summed E-state index contributed by atoms with van der Waals surface area (Å²) in [4.78, 5) is 21.3. The van der Waals surface area contributed by atoms with Crippen LogP contribution < -0.4 is 10.6 Å². The molecule has 0 atom stereocenters. The maximum absolute atomic E-state index is 12.5. The Balaban J connectivity index is 1.96. The van der Waals surface area contributed by atoms with Crippen LogP contribution in [0.25, 0.3) is 5.78 Å². The summed E-state index contributed by atoms with van der Waals surface area (Å²) in [6.07, 6.45) is 0. The van der Waals surface area contributed by atoms with Gasteiger partial charge in [0.05, 0.1) is 0 Å². The third-order valence-corrected chi connectivity index (χ3v) is 4.25. The van der Waals surface area contributed by atoms with Gasteiger partial charge in [-0.15, -0.1) is 10.2 Å². The number of nitrogens with zero attached hydrogens (tertiary/aromatic N) is 5. The van der Waals surface area contributed by atoms with Crippen molar-refractivity contribution in [3.63, 3.8) is 0 Å². The highest BCUT2D eigenvalue weighted by Crippen LogP contribution is 2.24. The molecule has 0 fully saturated rings. The Morgan fingerprint density at radius 2 is 1.80 bits per heavy atom. The molecule has 9 heteroatoms. The minimum Gasteiger partial charge on any atom is -0.355 e. The zero-order valence-corrected chi connectivity index (χ0v) is 15.1. The van der Waals surface area contributed by atoms with E-state index in [1.54, 1.807) is 16.5 Å². The fourth-order valence-corrected chi connectivity index (χ4v) is 2.96. The van der Waals surface area contributed by atoms with Gasteiger partial charge in [-0.25, -0.2) is 4.40 Å². The average Bonchev–Trinajstić information content (AvgIpc) is 2.99. The van der Waals surface area contributed by atoms with Gasteiger partial charge in [-0.05, 0) is 32.5 Å². The molecule has 8 nitrogen and oxygen atoms in total. The van der Waals surface area contributed by atoms with Crippen LogP contribution in [0.15, 0.2) is 29.4 Å². The van der Waals surface area contributed by atoms with Crippen LogP contribution >= 0.6 is 11.8 Å². The first-order valence-electron chi connectivity index (χ1n) is 8.02. The van der Waals surface area contributed by atoms with Crippen molar-refractivity contribution in [3.8, 4) is 0 Å². The van der Waals surface area contributed by atoms with E-state index in [-0.39, 0.29) is 5.12 Å². The topological polar surface area (TPSA) is 97.1 Å². The molecule has 2 aromatic heterocycles. The van der Waals surface area contributed by atoms with E-state index >= 15 is 0 Å². The van der Waals surface area contributed by atoms with Gasteiger partial charge in [-0.2, -0.15) is 9.97 Å². The Morgan fingerprint density at radius 3 is 2.48 bits per heavy atom. The lowest BCUT2D eigenvalue weighted by Gasteiger charge is -2.09. The van der Waals surface area contributed by atoms with Crippen molar-refractivity contribution in [2.45, 2.75) is 25.9 Å². The molecule has 0 aliphatic heterocycles. The lowest BCUT2D eigenvalue weighted by Crippen LogP contribution is -2.11. The summed E-state index contributed by atoms with van der Waals surface area (Å²) < 4.78 is 1.65. The second-order valence-electron chi connectivity index (χ2n) is 5.31. The maximum atomic E-state index is 12.5. The van der Waals surface area contributed by atoms with Crippen LogP contribution in [-0.4, -0.2) is 42.8 Å². The van der Waals surface area contributed by atoms with Crippen molar-refractivity contribution in [2.75, 3.05) is 23.7 Å². The summed E-state index contributed by atoms with van der Waals surface area (Å²) in [6.45, 7) is 7.28. The van der Waals surface area contributed by atoms with E-state index in [9.17, 15) is 4.79 Å². The molecular formula is C16H19N7OS. The van der Waals surface area contributed by atoms with Crippen molar-refractivity contribution < 1.29 is 4.79 Å². The van der Waals surface area contributed by atoms with Gasteiger partial charge in [-0.1, -0.05) is 29.8 Å². The molecule has 2 heterocycles. The van der Waals surface area contributed by atoms with E-state index in [1.165, 1.54) is 0 Å². The first-order valence-corrected chi connectivity index (χ1v) is 8.83. The van der Waals surface area contributed by atoms with E-state index in [1.807, 2.05) is 32.9 Å². The van der Waals surface area contributed by atoms with Crippen LogP contribution in [0.2, 0.25) is 0 Å². The summed E-state index contributed by atoms with van der Waals surface area (Å²) in [5, 5.41) is 14.7. The number of hydrogen-bond donors (Lipinski definition) is 2. The molecular weight excluding hydrogens is 338 g/mol. The Bertz CT molecular complexity index is 891. The standard InChI is InChI=1S/C16H19N7OS/c1-4-17-13-19-14(18-5-2)23-15(20-13)21-22-16(23)25-12(24)11-8-6-10(3)7-9-11/h6-9H,4-5H2,1-3H3,(H2,17,18,19,20,21). The van der Waals surface area contributed by atoms with Crippen LogP contribution in [0.3, 0.4) is 0 Å². The van der Waals surface area contributed by atoms with E-state index in [4.69, 9.17) is 0 Å². The number of aryl methyl sites for hydroxylation is 1. The number of anilines is 2. The van der Waals surface area contributed by atoms with Crippen LogP contribution in [0.4, 0.5) is 11.9 Å². The number of benzene rings is 1. The molecule has 0 aliphatic carbocycles. The zero-order valence-electron chi connectivity index (χ0n) is 14.3. The predicted molar refractivity (Wildman–Crippen MR) is 98.3 cm³/mol. The van der Waals surface area contributed by atoms with Crippen molar-refractivity contribution in [2.24, 2.45) is 0 Å². The highest BCUT2D eigenvalue weighted by molar-refractivity contribution is 8.14. The number of carbonyl (C=O) groups excluding carboxylic acids is 1. The molecule has 1 aromatic carbocycles. The number of aromatic nitrogens is 5. The third kappa shape index (κ3) is 3.71. The van der Waals surface area contributed by atoms with Gasteiger partial charge in [0.25, 0.3) is 5.78 Å². The first kappa shape index (κ1) is 17.2. The van der Waals surface area contributed by atoms with Gasteiger partial charge in [0.2, 0.25) is 22.2 Å². The Kier molecular flexibility index (Phi) is 5.13. The second kappa shape index (κ2) is 7.47. The SMILES string of the molecule is CCNc1nc(NCC)n2c(SC(=O)c3ccc(C)cc3)nnc2n1. The van der Waals surface area contributed by atoms with E-state index in [0.29, 0.717) is 41.5 Å². The number of carbonyl (C=O) groups is 1. The van der Waals surface area contributed by atoms with Crippen molar-refractivity contribution in [1.29, 1.82) is 0 Å². The minimum absolute atomic E-state index is 0.104. The quantitative estimate of drug-likeness (QED) is 0.650. The fourth-order valence-electron chi connectivity index (χ4n) is 2.20. The van der Waals surface area contributed by atoms with Gasteiger partial charge in [0.1, 0.15) is 0 Å². The van der Waals surface area contributed by atoms with E-state index in [0.717, 1.165) is 17.3 Å².